The van der Waals surface area contributed by atoms with Gasteiger partial charge in [-0.15, -0.1) is 0 Å². The Bertz CT molecular complexity index is 380. The first-order valence-corrected chi connectivity index (χ1v) is 7.41. The van der Waals surface area contributed by atoms with E-state index in [0.717, 1.165) is 32.2 Å². The summed E-state index contributed by atoms with van der Waals surface area (Å²) >= 11 is 0. The summed E-state index contributed by atoms with van der Waals surface area (Å²) in [5.74, 6) is 0. The van der Waals surface area contributed by atoms with Gasteiger partial charge in [-0.05, 0) is 36.8 Å². The fourth-order valence-corrected chi connectivity index (χ4v) is 2.39. The average Bonchev–Trinajstić information content (AvgIpc) is 3.13. The molecule has 1 unspecified atom stereocenters. The topological polar surface area (TPSA) is 30.5 Å². The Hall–Kier alpha value is -0.900. The van der Waals surface area contributed by atoms with Crippen LogP contribution in [0, 0.1) is 0 Å². The molecule has 1 aliphatic carbocycles. The highest BCUT2D eigenvalue weighted by molar-refractivity contribution is 5.22. The van der Waals surface area contributed by atoms with Crippen molar-refractivity contribution in [2.45, 2.75) is 51.0 Å². The molecule has 3 rings (SSSR count). The second-order valence-electron chi connectivity index (χ2n) is 5.62. The maximum Gasteiger partial charge on any atom is 0.0809 e. The van der Waals surface area contributed by atoms with Gasteiger partial charge in [0.15, 0.2) is 0 Å². The first-order chi connectivity index (χ1) is 9.40. The van der Waals surface area contributed by atoms with Crippen LogP contribution in [0.25, 0.3) is 0 Å². The highest BCUT2D eigenvalue weighted by Gasteiger charge is 2.19. The Morgan fingerprint density at radius 2 is 1.89 bits per heavy atom. The molecule has 1 atom stereocenters. The van der Waals surface area contributed by atoms with Gasteiger partial charge in [0.25, 0.3) is 0 Å². The summed E-state index contributed by atoms with van der Waals surface area (Å²) in [6.07, 6.45) is 5.33. The van der Waals surface area contributed by atoms with E-state index in [-0.39, 0.29) is 0 Å². The van der Waals surface area contributed by atoms with E-state index in [1.54, 1.807) is 0 Å². The van der Waals surface area contributed by atoms with Gasteiger partial charge in [-0.25, -0.2) is 0 Å². The van der Waals surface area contributed by atoms with E-state index in [1.165, 1.54) is 30.4 Å². The molecule has 0 amide bonds. The lowest BCUT2D eigenvalue weighted by Gasteiger charge is -2.10. The summed E-state index contributed by atoms with van der Waals surface area (Å²) in [4.78, 5) is 0. The maximum absolute atomic E-state index is 5.71. The summed E-state index contributed by atoms with van der Waals surface area (Å²) < 4.78 is 11.2. The molecule has 19 heavy (non-hydrogen) atoms. The van der Waals surface area contributed by atoms with Gasteiger partial charge in [-0.2, -0.15) is 0 Å². The molecule has 0 aromatic heterocycles. The predicted molar refractivity (Wildman–Crippen MR) is 74.9 cm³/mol. The zero-order chi connectivity index (χ0) is 12.9. The molecule has 1 saturated carbocycles. The fourth-order valence-electron chi connectivity index (χ4n) is 2.39. The Kier molecular flexibility index (Phi) is 4.49. The van der Waals surface area contributed by atoms with Crippen LogP contribution in [-0.2, 0) is 22.6 Å². The first-order valence-electron chi connectivity index (χ1n) is 7.41. The lowest BCUT2D eigenvalue weighted by molar-refractivity contribution is 0.0106. The van der Waals surface area contributed by atoms with Crippen LogP contribution < -0.4 is 5.32 Å². The van der Waals surface area contributed by atoms with Crippen LogP contribution in [0.4, 0.5) is 0 Å². The van der Waals surface area contributed by atoms with Crippen LogP contribution in [0.2, 0.25) is 0 Å². The molecule has 0 spiro atoms. The van der Waals surface area contributed by atoms with E-state index in [0.29, 0.717) is 12.7 Å². The molecule has 3 heteroatoms. The Morgan fingerprint density at radius 1 is 1.11 bits per heavy atom. The quantitative estimate of drug-likeness (QED) is 0.818. The van der Waals surface area contributed by atoms with Crippen molar-refractivity contribution in [2.75, 3.05) is 13.2 Å². The van der Waals surface area contributed by atoms with E-state index < -0.39 is 0 Å². The summed E-state index contributed by atoms with van der Waals surface area (Å²) in [5, 5.41) is 3.52. The number of rotatable bonds is 7. The SMILES string of the molecule is c1cc(COCC2CCCO2)ccc1CNC1CC1. The Balaban J connectivity index is 1.37. The van der Waals surface area contributed by atoms with Crippen LogP contribution in [0.5, 0.6) is 0 Å². The van der Waals surface area contributed by atoms with Crippen LogP contribution >= 0.6 is 0 Å². The zero-order valence-corrected chi connectivity index (χ0v) is 11.4. The Labute approximate surface area is 115 Å². The average molecular weight is 261 g/mol. The molecule has 104 valence electrons. The van der Waals surface area contributed by atoms with Gasteiger partial charge < -0.3 is 14.8 Å². The largest absolute Gasteiger partial charge is 0.376 e. The number of ether oxygens (including phenoxy) is 2. The molecule has 2 fully saturated rings. The third-order valence-corrected chi connectivity index (χ3v) is 3.79. The van der Waals surface area contributed by atoms with Gasteiger partial charge in [0.05, 0.1) is 19.3 Å². The number of nitrogens with one attached hydrogen (secondary N) is 1. The van der Waals surface area contributed by atoms with Crippen LogP contribution in [0.1, 0.15) is 36.8 Å². The van der Waals surface area contributed by atoms with Crippen LogP contribution in [0.15, 0.2) is 24.3 Å². The highest BCUT2D eigenvalue weighted by Crippen LogP contribution is 2.19. The van der Waals surface area contributed by atoms with Gasteiger partial charge in [0, 0.05) is 19.2 Å². The smallest absolute Gasteiger partial charge is 0.0809 e. The van der Waals surface area contributed by atoms with Crippen molar-refractivity contribution in [3.8, 4) is 0 Å². The van der Waals surface area contributed by atoms with E-state index in [2.05, 4.69) is 29.6 Å². The van der Waals surface area contributed by atoms with Gasteiger partial charge in [0.2, 0.25) is 0 Å². The lowest BCUT2D eigenvalue weighted by Crippen LogP contribution is -2.15. The van der Waals surface area contributed by atoms with E-state index in [4.69, 9.17) is 9.47 Å². The number of hydrogen-bond acceptors (Lipinski definition) is 3. The number of benzene rings is 1. The molecule has 1 N–H and O–H groups in total. The van der Waals surface area contributed by atoms with E-state index in [1.807, 2.05) is 0 Å². The van der Waals surface area contributed by atoms with Crippen LogP contribution in [0.3, 0.4) is 0 Å². The second-order valence-corrected chi connectivity index (χ2v) is 5.62. The van der Waals surface area contributed by atoms with Gasteiger partial charge in [-0.1, -0.05) is 24.3 Å². The molecule has 1 saturated heterocycles. The zero-order valence-electron chi connectivity index (χ0n) is 11.4. The third-order valence-electron chi connectivity index (χ3n) is 3.79. The van der Waals surface area contributed by atoms with E-state index in [9.17, 15) is 0 Å². The molecule has 0 bridgehead atoms. The molecule has 3 nitrogen and oxygen atoms in total. The van der Waals surface area contributed by atoms with Crippen molar-refractivity contribution in [3.63, 3.8) is 0 Å². The normalized spacial score (nSPS) is 22.8. The number of hydrogen-bond donors (Lipinski definition) is 1. The van der Waals surface area contributed by atoms with Crippen molar-refractivity contribution in [2.24, 2.45) is 0 Å². The third kappa shape index (κ3) is 4.30. The van der Waals surface area contributed by atoms with Crippen LogP contribution in [-0.4, -0.2) is 25.4 Å². The molecule has 1 heterocycles. The van der Waals surface area contributed by atoms with E-state index >= 15 is 0 Å². The predicted octanol–water partition coefficient (Wildman–Crippen LogP) is 2.63. The van der Waals surface area contributed by atoms with Gasteiger partial charge >= 0.3 is 0 Å². The minimum absolute atomic E-state index is 0.321. The molecular formula is C16H23NO2. The second kappa shape index (κ2) is 6.51. The highest BCUT2D eigenvalue weighted by atomic mass is 16.5. The fraction of sp³-hybridized carbons (Fsp3) is 0.625. The first kappa shape index (κ1) is 13.1. The van der Waals surface area contributed by atoms with Crippen molar-refractivity contribution >= 4 is 0 Å². The van der Waals surface area contributed by atoms with Crippen molar-refractivity contribution in [1.29, 1.82) is 0 Å². The molecule has 1 aliphatic heterocycles. The summed E-state index contributed by atoms with van der Waals surface area (Å²) in [7, 11) is 0. The van der Waals surface area contributed by atoms with Gasteiger partial charge in [0.1, 0.15) is 0 Å². The monoisotopic (exact) mass is 261 g/mol. The van der Waals surface area contributed by atoms with Crippen molar-refractivity contribution < 1.29 is 9.47 Å². The lowest BCUT2D eigenvalue weighted by atomic mass is 10.1. The summed E-state index contributed by atoms with van der Waals surface area (Å²) in [6, 6.07) is 9.49. The Morgan fingerprint density at radius 3 is 2.58 bits per heavy atom. The van der Waals surface area contributed by atoms with Crippen molar-refractivity contribution in [1.82, 2.24) is 5.32 Å². The minimum atomic E-state index is 0.321. The minimum Gasteiger partial charge on any atom is -0.376 e. The summed E-state index contributed by atoms with van der Waals surface area (Å²) in [5.41, 5.74) is 2.60. The molecule has 1 aromatic carbocycles. The van der Waals surface area contributed by atoms with Crippen molar-refractivity contribution in [3.05, 3.63) is 35.4 Å². The molecular weight excluding hydrogens is 238 g/mol. The summed E-state index contributed by atoms with van der Waals surface area (Å²) in [6.45, 7) is 3.31. The molecule has 2 aliphatic rings. The molecule has 1 aromatic rings. The van der Waals surface area contributed by atoms with Gasteiger partial charge in [-0.3, -0.25) is 0 Å². The maximum atomic E-state index is 5.71. The molecule has 0 radical (unpaired) electrons. The standard InChI is InChI=1S/C16H23NO2/c1-2-16(19-9-1)12-18-11-14-5-3-13(4-6-14)10-17-15-7-8-15/h3-6,15-17H,1-2,7-12H2.